The third-order valence-electron chi connectivity index (χ3n) is 4.75. The van der Waals surface area contributed by atoms with Crippen LogP contribution in [0.2, 0.25) is 0 Å². The van der Waals surface area contributed by atoms with E-state index in [1.165, 1.54) is 25.7 Å². The van der Waals surface area contributed by atoms with Gasteiger partial charge in [0.2, 0.25) is 5.91 Å². The molecule has 1 saturated heterocycles. The van der Waals surface area contributed by atoms with Gasteiger partial charge in [-0.05, 0) is 25.2 Å². The number of nitrogens with two attached hydrogens (primary N) is 1. The summed E-state index contributed by atoms with van der Waals surface area (Å²) in [6.07, 6.45) is 4.85. The fourth-order valence-electron chi connectivity index (χ4n) is 3.18. The second kappa shape index (κ2) is 6.71. The van der Waals surface area contributed by atoms with E-state index in [4.69, 9.17) is 5.73 Å². The number of hydrogen-bond donors (Lipinski definition) is 1. The molecule has 4 nitrogen and oxygen atoms in total. The maximum Gasteiger partial charge on any atom is 0.225 e. The standard InChI is InChI=1S/C15H29N3O/c1-3-4-14(11-16)17-7-9-18(10-8-17)15(19)12(2)13-5-6-13/h12-14H,3-11,16H2,1-2H3. The van der Waals surface area contributed by atoms with E-state index in [1.807, 2.05) is 0 Å². The van der Waals surface area contributed by atoms with Crippen molar-refractivity contribution in [3.8, 4) is 0 Å². The van der Waals surface area contributed by atoms with Crippen molar-refractivity contribution < 1.29 is 4.79 Å². The SMILES string of the molecule is CCCC(CN)N1CCN(C(=O)C(C)C2CC2)CC1. The lowest BCUT2D eigenvalue weighted by Gasteiger charge is -2.39. The van der Waals surface area contributed by atoms with Crippen LogP contribution in [0.15, 0.2) is 0 Å². The first-order chi connectivity index (χ1) is 9.17. The largest absolute Gasteiger partial charge is 0.340 e. The van der Waals surface area contributed by atoms with E-state index in [0.29, 0.717) is 17.9 Å². The molecule has 1 heterocycles. The first-order valence-corrected chi connectivity index (χ1v) is 7.90. The zero-order valence-corrected chi connectivity index (χ0v) is 12.5. The molecule has 2 unspecified atom stereocenters. The average Bonchev–Trinajstić information content (AvgIpc) is 3.28. The summed E-state index contributed by atoms with van der Waals surface area (Å²) in [7, 11) is 0. The van der Waals surface area contributed by atoms with Crippen LogP contribution in [0.25, 0.3) is 0 Å². The van der Waals surface area contributed by atoms with Gasteiger partial charge in [0.15, 0.2) is 0 Å². The maximum atomic E-state index is 12.3. The van der Waals surface area contributed by atoms with Crippen molar-refractivity contribution in [1.82, 2.24) is 9.80 Å². The topological polar surface area (TPSA) is 49.6 Å². The molecule has 1 amide bonds. The minimum absolute atomic E-state index is 0.243. The zero-order valence-electron chi connectivity index (χ0n) is 12.5. The molecule has 1 saturated carbocycles. The molecule has 0 spiro atoms. The second-order valence-corrected chi connectivity index (χ2v) is 6.17. The molecule has 19 heavy (non-hydrogen) atoms. The minimum atomic E-state index is 0.243. The van der Waals surface area contributed by atoms with Gasteiger partial charge in [0.1, 0.15) is 0 Å². The Bertz CT molecular complexity index is 296. The van der Waals surface area contributed by atoms with Gasteiger partial charge in [0.05, 0.1) is 0 Å². The smallest absolute Gasteiger partial charge is 0.225 e. The number of carbonyl (C=O) groups excluding carboxylic acids is 1. The lowest BCUT2D eigenvalue weighted by Crippen LogP contribution is -2.54. The van der Waals surface area contributed by atoms with Crippen LogP contribution in [0.3, 0.4) is 0 Å². The molecule has 1 aliphatic carbocycles. The highest BCUT2D eigenvalue weighted by Gasteiger charge is 2.36. The van der Waals surface area contributed by atoms with Crippen LogP contribution in [0, 0.1) is 11.8 Å². The third kappa shape index (κ3) is 3.69. The number of piperazine rings is 1. The maximum absolute atomic E-state index is 12.3. The fourth-order valence-corrected chi connectivity index (χ4v) is 3.18. The first kappa shape index (κ1) is 14.8. The van der Waals surface area contributed by atoms with Crippen molar-refractivity contribution in [3.63, 3.8) is 0 Å². The predicted molar refractivity (Wildman–Crippen MR) is 77.8 cm³/mol. The molecule has 0 aromatic carbocycles. The lowest BCUT2D eigenvalue weighted by atomic mass is 10.0. The number of rotatable bonds is 6. The van der Waals surface area contributed by atoms with Gasteiger partial charge in [-0.15, -0.1) is 0 Å². The second-order valence-electron chi connectivity index (χ2n) is 6.17. The molecule has 0 bridgehead atoms. The molecule has 2 atom stereocenters. The van der Waals surface area contributed by atoms with Crippen LogP contribution in [0.1, 0.15) is 39.5 Å². The van der Waals surface area contributed by atoms with Crippen molar-refractivity contribution in [3.05, 3.63) is 0 Å². The Kier molecular flexibility index (Phi) is 5.22. The highest BCUT2D eigenvalue weighted by atomic mass is 16.2. The molecule has 2 N–H and O–H groups in total. The van der Waals surface area contributed by atoms with E-state index in [0.717, 1.165) is 32.7 Å². The highest BCUT2D eigenvalue weighted by Crippen LogP contribution is 2.37. The molecule has 4 heteroatoms. The van der Waals surface area contributed by atoms with E-state index in [-0.39, 0.29) is 5.92 Å². The van der Waals surface area contributed by atoms with Gasteiger partial charge >= 0.3 is 0 Å². The van der Waals surface area contributed by atoms with Crippen LogP contribution < -0.4 is 5.73 Å². The van der Waals surface area contributed by atoms with Crippen molar-refractivity contribution in [2.45, 2.75) is 45.6 Å². The summed E-state index contributed by atoms with van der Waals surface area (Å²) >= 11 is 0. The normalized spacial score (nSPS) is 24.3. The molecule has 0 aromatic heterocycles. The Morgan fingerprint density at radius 2 is 1.89 bits per heavy atom. The number of hydrogen-bond acceptors (Lipinski definition) is 3. The van der Waals surface area contributed by atoms with Crippen molar-refractivity contribution >= 4 is 5.91 Å². The summed E-state index contributed by atoms with van der Waals surface area (Å²) < 4.78 is 0. The molecular weight excluding hydrogens is 238 g/mol. The van der Waals surface area contributed by atoms with Crippen LogP contribution in [0.4, 0.5) is 0 Å². The minimum Gasteiger partial charge on any atom is -0.340 e. The van der Waals surface area contributed by atoms with E-state index in [9.17, 15) is 4.79 Å². The van der Waals surface area contributed by atoms with Gasteiger partial charge in [-0.1, -0.05) is 20.3 Å². The molecule has 2 rings (SSSR count). The molecular formula is C15H29N3O. The predicted octanol–water partition coefficient (Wildman–Crippen LogP) is 1.30. The van der Waals surface area contributed by atoms with Gasteiger partial charge in [0.25, 0.3) is 0 Å². The van der Waals surface area contributed by atoms with Gasteiger partial charge in [-0.3, -0.25) is 9.69 Å². The summed E-state index contributed by atoms with van der Waals surface area (Å²) in [6, 6.07) is 0.503. The van der Waals surface area contributed by atoms with Gasteiger partial charge in [-0.25, -0.2) is 0 Å². The lowest BCUT2D eigenvalue weighted by molar-refractivity contribution is -0.137. The summed E-state index contributed by atoms with van der Waals surface area (Å²) in [6.45, 7) is 8.80. The van der Waals surface area contributed by atoms with E-state index < -0.39 is 0 Å². The molecule has 0 aromatic rings. The van der Waals surface area contributed by atoms with Crippen LogP contribution >= 0.6 is 0 Å². The van der Waals surface area contributed by atoms with Crippen molar-refractivity contribution in [2.75, 3.05) is 32.7 Å². The first-order valence-electron chi connectivity index (χ1n) is 7.90. The quantitative estimate of drug-likeness (QED) is 0.789. The van der Waals surface area contributed by atoms with Crippen LogP contribution in [-0.4, -0.2) is 54.5 Å². The third-order valence-corrected chi connectivity index (χ3v) is 4.75. The molecule has 2 aliphatic rings. The van der Waals surface area contributed by atoms with Crippen molar-refractivity contribution in [1.29, 1.82) is 0 Å². The van der Waals surface area contributed by atoms with Crippen LogP contribution in [0.5, 0.6) is 0 Å². The summed E-state index contributed by atoms with van der Waals surface area (Å²) in [4.78, 5) is 16.9. The molecule has 110 valence electrons. The molecule has 0 radical (unpaired) electrons. The number of amides is 1. The van der Waals surface area contributed by atoms with E-state index in [2.05, 4.69) is 23.6 Å². The Labute approximate surface area is 117 Å². The van der Waals surface area contributed by atoms with E-state index in [1.54, 1.807) is 0 Å². The highest BCUT2D eigenvalue weighted by molar-refractivity contribution is 5.79. The van der Waals surface area contributed by atoms with E-state index >= 15 is 0 Å². The molecule has 2 fully saturated rings. The Hall–Kier alpha value is -0.610. The Morgan fingerprint density at radius 1 is 1.26 bits per heavy atom. The van der Waals surface area contributed by atoms with Gasteiger partial charge < -0.3 is 10.6 Å². The Morgan fingerprint density at radius 3 is 2.37 bits per heavy atom. The van der Waals surface area contributed by atoms with Gasteiger partial charge in [0, 0.05) is 44.7 Å². The van der Waals surface area contributed by atoms with Gasteiger partial charge in [-0.2, -0.15) is 0 Å². The molecule has 1 aliphatic heterocycles. The summed E-state index contributed by atoms with van der Waals surface area (Å²) in [5, 5.41) is 0. The Balaban J connectivity index is 1.79. The van der Waals surface area contributed by atoms with Crippen LogP contribution in [-0.2, 0) is 4.79 Å². The van der Waals surface area contributed by atoms with Crippen molar-refractivity contribution in [2.24, 2.45) is 17.6 Å². The number of carbonyl (C=O) groups is 1. The zero-order chi connectivity index (χ0) is 13.8. The average molecular weight is 267 g/mol. The fraction of sp³-hybridized carbons (Fsp3) is 0.933. The summed E-state index contributed by atoms with van der Waals surface area (Å²) in [5.41, 5.74) is 5.86. The summed E-state index contributed by atoms with van der Waals surface area (Å²) in [5.74, 6) is 1.29. The number of nitrogens with zero attached hydrogens (tertiary/aromatic N) is 2. The monoisotopic (exact) mass is 267 g/mol.